The Morgan fingerprint density at radius 3 is 2.59 bits per heavy atom. The molecule has 8 heteroatoms. The highest BCUT2D eigenvalue weighted by Crippen LogP contribution is 2.42. The number of halogens is 1. The van der Waals surface area contributed by atoms with Gasteiger partial charge in [-0.3, -0.25) is 14.5 Å². The van der Waals surface area contributed by atoms with Crippen LogP contribution in [-0.2, 0) is 4.79 Å². The van der Waals surface area contributed by atoms with Crippen molar-refractivity contribution in [2.24, 2.45) is 0 Å². The molecule has 198 valence electrons. The molecule has 6 rings (SSSR count). The van der Waals surface area contributed by atoms with Gasteiger partial charge in [-0.2, -0.15) is 0 Å². The molecule has 0 saturated carbocycles. The second-order valence-electron chi connectivity index (χ2n) is 9.66. The van der Waals surface area contributed by atoms with Gasteiger partial charge in [0.05, 0.1) is 17.1 Å². The third kappa shape index (κ3) is 4.63. The number of unbranched alkanes of at least 4 members (excludes halogenated alkanes) is 1. The molecule has 1 aromatic heterocycles. The summed E-state index contributed by atoms with van der Waals surface area (Å²) in [6.07, 6.45) is 3.68. The van der Waals surface area contributed by atoms with E-state index < -0.39 is 6.04 Å². The molecular weight excluding hydrogens is 514 g/mol. The number of anilines is 1. The molecular formula is C31H28ClN3O4. The van der Waals surface area contributed by atoms with Crippen molar-refractivity contribution in [1.29, 1.82) is 0 Å². The molecule has 0 aliphatic carbocycles. The average molecular weight is 542 g/mol. The van der Waals surface area contributed by atoms with Gasteiger partial charge in [0.25, 0.3) is 5.91 Å². The fraction of sp³-hybridized carbons (Fsp3) is 0.226. The Labute approximate surface area is 232 Å². The first-order valence-corrected chi connectivity index (χ1v) is 13.5. The normalized spacial score (nSPS) is 15.0. The molecule has 0 bridgehead atoms. The van der Waals surface area contributed by atoms with E-state index in [2.05, 4.69) is 11.5 Å². The number of para-hydroxylation sites is 2. The highest BCUT2D eigenvalue weighted by Gasteiger charge is 2.37. The maximum Gasteiger partial charge on any atom is 0.254 e. The second-order valence-corrected chi connectivity index (χ2v) is 10.1. The van der Waals surface area contributed by atoms with Crippen molar-refractivity contribution in [3.05, 3.63) is 107 Å². The maximum atomic E-state index is 14.3. The molecule has 2 aliphatic heterocycles. The molecule has 0 spiro atoms. The molecule has 4 aromatic rings. The summed E-state index contributed by atoms with van der Waals surface area (Å²) < 4.78 is 13.0. The number of carbonyl (C=O) groups is 2. The van der Waals surface area contributed by atoms with E-state index in [9.17, 15) is 9.59 Å². The third-order valence-electron chi connectivity index (χ3n) is 7.17. The van der Waals surface area contributed by atoms with E-state index >= 15 is 0 Å². The van der Waals surface area contributed by atoms with Crippen LogP contribution in [0.5, 0.6) is 11.5 Å². The Bertz CT molecular complexity index is 1550. The molecule has 0 saturated heterocycles. The minimum Gasteiger partial charge on any atom is -0.454 e. The van der Waals surface area contributed by atoms with Gasteiger partial charge >= 0.3 is 0 Å². The molecule has 1 atom stereocenters. The zero-order chi connectivity index (χ0) is 26.9. The number of benzene rings is 3. The van der Waals surface area contributed by atoms with Crippen molar-refractivity contribution in [1.82, 2.24) is 9.47 Å². The Balaban J connectivity index is 1.38. The molecule has 3 heterocycles. The van der Waals surface area contributed by atoms with E-state index in [1.165, 1.54) is 0 Å². The SMILES string of the molecule is CCCCN(CC(=O)N1c2ccccc2-n2cccc2C1c1cccc(Cl)c1)C(=O)c1ccc2c(c1)OCO2. The smallest absolute Gasteiger partial charge is 0.254 e. The van der Waals surface area contributed by atoms with Crippen LogP contribution in [-0.4, -0.2) is 41.2 Å². The Morgan fingerprint density at radius 1 is 0.949 bits per heavy atom. The third-order valence-corrected chi connectivity index (χ3v) is 7.40. The van der Waals surface area contributed by atoms with Crippen LogP contribution >= 0.6 is 11.6 Å². The van der Waals surface area contributed by atoms with Gasteiger partial charge in [-0.1, -0.05) is 49.2 Å². The van der Waals surface area contributed by atoms with Crippen molar-refractivity contribution in [3.8, 4) is 17.2 Å². The van der Waals surface area contributed by atoms with Crippen LogP contribution < -0.4 is 14.4 Å². The van der Waals surface area contributed by atoms with Crippen LogP contribution in [0.1, 0.15) is 47.4 Å². The molecule has 3 aromatic carbocycles. The molecule has 2 aliphatic rings. The van der Waals surface area contributed by atoms with E-state index in [-0.39, 0.29) is 25.2 Å². The number of nitrogens with zero attached hydrogens (tertiary/aromatic N) is 3. The molecule has 39 heavy (non-hydrogen) atoms. The van der Waals surface area contributed by atoms with Gasteiger partial charge in [-0.15, -0.1) is 0 Å². The summed E-state index contributed by atoms with van der Waals surface area (Å²) in [5.74, 6) is 0.752. The van der Waals surface area contributed by atoms with Gasteiger partial charge in [0, 0.05) is 23.3 Å². The van der Waals surface area contributed by atoms with Crippen molar-refractivity contribution in [3.63, 3.8) is 0 Å². The van der Waals surface area contributed by atoms with Crippen LogP contribution in [0.3, 0.4) is 0 Å². The van der Waals surface area contributed by atoms with E-state index in [0.29, 0.717) is 28.6 Å². The Hall–Kier alpha value is -4.23. The number of rotatable bonds is 7. The number of hydrogen-bond donors (Lipinski definition) is 0. The average Bonchev–Trinajstić information content (AvgIpc) is 3.63. The van der Waals surface area contributed by atoms with Crippen LogP contribution in [0.15, 0.2) is 85.1 Å². The van der Waals surface area contributed by atoms with E-state index in [1.807, 2.05) is 71.8 Å². The summed E-state index contributed by atoms with van der Waals surface area (Å²) in [5.41, 5.74) is 4.00. The predicted octanol–water partition coefficient (Wildman–Crippen LogP) is 6.24. The van der Waals surface area contributed by atoms with Gasteiger partial charge in [0.2, 0.25) is 12.7 Å². The van der Waals surface area contributed by atoms with E-state index in [4.69, 9.17) is 21.1 Å². The number of hydrogen-bond acceptors (Lipinski definition) is 4. The Kier molecular flexibility index (Phi) is 6.75. The predicted molar refractivity (Wildman–Crippen MR) is 150 cm³/mol. The minimum atomic E-state index is -0.408. The highest BCUT2D eigenvalue weighted by molar-refractivity contribution is 6.30. The fourth-order valence-electron chi connectivity index (χ4n) is 5.31. The fourth-order valence-corrected chi connectivity index (χ4v) is 5.51. The largest absolute Gasteiger partial charge is 0.454 e. The van der Waals surface area contributed by atoms with Crippen molar-refractivity contribution >= 4 is 29.1 Å². The minimum absolute atomic E-state index is 0.0701. The zero-order valence-corrected chi connectivity index (χ0v) is 22.3. The van der Waals surface area contributed by atoms with Gasteiger partial charge in [0.15, 0.2) is 11.5 Å². The van der Waals surface area contributed by atoms with Crippen LogP contribution in [0.25, 0.3) is 5.69 Å². The Morgan fingerprint density at radius 2 is 1.77 bits per heavy atom. The highest BCUT2D eigenvalue weighted by atomic mass is 35.5. The topological polar surface area (TPSA) is 64.0 Å². The lowest BCUT2D eigenvalue weighted by molar-refractivity contribution is -0.119. The number of carbonyl (C=O) groups excluding carboxylic acids is 2. The molecule has 0 N–H and O–H groups in total. The maximum absolute atomic E-state index is 14.3. The number of ether oxygens (including phenoxy) is 2. The first kappa shape index (κ1) is 25.1. The number of fused-ring (bicyclic) bond motifs is 4. The summed E-state index contributed by atoms with van der Waals surface area (Å²) in [6, 6.07) is 24.2. The summed E-state index contributed by atoms with van der Waals surface area (Å²) in [7, 11) is 0. The van der Waals surface area contributed by atoms with Crippen LogP contribution in [0.2, 0.25) is 5.02 Å². The molecule has 1 unspecified atom stereocenters. The lowest BCUT2D eigenvalue weighted by atomic mass is 9.97. The van der Waals surface area contributed by atoms with Gasteiger partial charge < -0.3 is 18.9 Å². The van der Waals surface area contributed by atoms with E-state index in [1.54, 1.807) is 23.1 Å². The lowest BCUT2D eigenvalue weighted by Crippen LogP contribution is -2.47. The van der Waals surface area contributed by atoms with Gasteiger partial charge in [0.1, 0.15) is 12.6 Å². The molecule has 2 amide bonds. The first-order chi connectivity index (χ1) is 19.0. The van der Waals surface area contributed by atoms with Crippen LogP contribution in [0.4, 0.5) is 5.69 Å². The number of amides is 2. The quantitative estimate of drug-likeness (QED) is 0.278. The van der Waals surface area contributed by atoms with Crippen molar-refractivity contribution in [2.45, 2.75) is 25.8 Å². The van der Waals surface area contributed by atoms with Gasteiger partial charge in [-0.05, 0) is 66.6 Å². The zero-order valence-electron chi connectivity index (χ0n) is 21.5. The van der Waals surface area contributed by atoms with Crippen LogP contribution in [0, 0.1) is 0 Å². The molecule has 7 nitrogen and oxygen atoms in total. The summed E-state index contributed by atoms with van der Waals surface area (Å²) in [4.78, 5) is 31.4. The van der Waals surface area contributed by atoms with E-state index in [0.717, 1.165) is 35.5 Å². The standard InChI is InChI=1S/C31H28ClN3O4/c1-2-3-15-33(31(37)22-13-14-27-28(18-22)39-20-38-27)19-29(36)35-25-11-5-4-10-24(25)34-16-7-12-26(34)30(35)21-8-6-9-23(32)17-21/h4-14,16-18,30H,2-3,15,19-20H2,1H3. The van der Waals surface area contributed by atoms with Crippen molar-refractivity contribution < 1.29 is 19.1 Å². The number of aromatic nitrogens is 1. The summed E-state index contributed by atoms with van der Waals surface area (Å²) >= 11 is 6.40. The summed E-state index contributed by atoms with van der Waals surface area (Å²) in [6.45, 7) is 2.59. The first-order valence-electron chi connectivity index (χ1n) is 13.1. The summed E-state index contributed by atoms with van der Waals surface area (Å²) in [5, 5.41) is 0.597. The monoisotopic (exact) mass is 541 g/mol. The second kappa shape index (κ2) is 10.5. The molecule has 0 radical (unpaired) electrons. The van der Waals surface area contributed by atoms with Crippen molar-refractivity contribution in [2.75, 3.05) is 24.8 Å². The lowest BCUT2D eigenvalue weighted by Gasteiger charge is -2.39. The molecule has 0 fully saturated rings. The van der Waals surface area contributed by atoms with Gasteiger partial charge in [-0.25, -0.2) is 0 Å².